The molecule has 0 bridgehead atoms. The van der Waals surface area contributed by atoms with Gasteiger partial charge in [-0.1, -0.05) is 49.6 Å². The first kappa shape index (κ1) is 14.0. The first-order valence-electron chi connectivity index (χ1n) is 7.28. The number of nitrogens with one attached hydrogen (secondary N) is 2. The number of rotatable bonds is 3. The van der Waals surface area contributed by atoms with Crippen molar-refractivity contribution < 1.29 is 4.79 Å². The molecule has 1 aromatic carbocycles. The SMILES string of the molecule is O=C(Nc1nc(-c2ccccc2)ns1)NC1CCCCC1. The Labute approximate surface area is 128 Å². The molecule has 2 aromatic rings. The number of nitrogens with zero attached hydrogens (tertiary/aromatic N) is 2. The zero-order valence-electron chi connectivity index (χ0n) is 11.7. The fraction of sp³-hybridized carbons (Fsp3) is 0.400. The molecule has 1 aromatic heterocycles. The van der Waals surface area contributed by atoms with E-state index in [0.717, 1.165) is 18.4 Å². The molecular formula is C15H18N4OS. The summed E-state index contributed by atoms with van der Waals surface area (Å²) in [6, 6.07) is 9.85. The number of carbonyl (C=O) groups excluding carboxylic acids is 1. The molecule has 1 aliphatic rings. The van der Waals surface area contributed by atoms with Gasteiger partial charge in [-0.05, 0) is 12.8 Å². The average molecular weight is 302 g/mol. The predicted octanol–water partition coefficient (Wildman–Crippen LogP) is 3.66. The molecule has 1 aliphatic carbocycles. The van der Waals surface area contributed by atoms with E-state index in [1.54, 1.807) is 0 Å². The van der Waals surface area contributed by atoms with Crippen molar-refractivity contribution in [1.82, 2.24) is 14.7 Å². The van der Waals surface area contributed by atoms with Crippen molar-refractivity contribution in [1.29, 1.82) is 0 Å². The highest BCUT2D eigenvalue weighted by Gasteiger charge is 2.16. The lowest BCUT2D eigenvalue weighted by Gasteiger charge is -2.22. The van der Waals surface area contributed by atoms with Crippen molar-refractivity contribution >= 4 is 22.7 Å². The Morgan fingerprint density at radius 1 is 1.14 bits per heavy atom. The number of hydrogen-bond acceptors (Lipinski definition) is 4. The van der Waals surface area contributed by atoms with E-state index in [1.807, 2.05) is 30.3 Å². The quantitative estimate of drug-likeness (QED) is 0.909. The number of carbonyl (C=O) groups is 1. The minimum absolute atomic E-state index is 0.183. The minimum atomic E-state index is -0.183. The van der Waals surface area contributed by atoms with E-state index in [9.17, 15) is 4.79 Å². The van der Waals surface area contributed by atoms with Crippen LogP contribution in [0.2, 0.25) is 0 Å². The highest BCUT2D eigenvalue weighted by atomic mass is 32.1. The molecular weight excluding hydrogens is 284 g/mol. The van der Waals surface area contributed by atoms with E-state index < -0.39 is 0 Å². The van der Waals surface area contributed by atoms with E-state index in [1.165, 1.54) is 30.8 Å². The van der Waals surface area contributed by atoms with Crippen LogP contribution in [0.3, 0.4) is 0 Å². The molecule has 21 heavy (non-hydrogen) atoms. The van der Waals surface area contributed by atoms with Gasteiger partial charge in [-0.15, -0.1) is 0 Å². The lowest BCUT2D eigenvalue weighted by atomic mass is 9.96. The number of urea groups is 1. The van der Waals surface area contributed by atoms with Crippen LogP contribution in [0.1, 0.15) is 32.1 Å². The molecule has 0 unspecified atom stereocenters. The predicted molar refractivity (Wildman–Crippen MR) is 84.4 cm³/mol. The second-order valence-corrected chi connectivity index (χ2v) is 5.97. The Kier molecular flexibility index (Phi) is 4.45. The van der Waals surface area contributed by atoms with E-state index in [0.29, 0.717) is 17.0 Å². The van der Waals surface area contributed by atoms with E-state index in [2.05, 4.69) is 20.0 Å². The molecule has 0 atom stereocenters. The maximum atomic E-state index is 11.9. The lowest BCUT2D eigenvalue weighted by molar-refractivity contribution is 0.244. The topological polar surface area (TPSA) is 66.9 Å². The molecule has 6 heteroatoms. The molecule has 2 N–H and O–H groups in total. The Morgan fingerprint density at radius 3 is 2.67 bits per heavy atom. The van der Waals surface area contributed by atoms with Gasteiger partial charge in [-0.2, -0.15) is 9.36 Å². The van der Waals surface area contributed by atoms with Crippen molar-refractivity contribution in [3.63, 3.8) is 0 Å². The zero-order valence-corrected chi connectivity index (χ0v) is 12.5. The van der Waals surface area contributed by atoms with Crippen molar-refractivity contribution in [2.75, 3.05) is 5.32 Å². The maximum Gasteiger partial charge on any atom is 0.321 e. The third-order valence-corrected chi connectivity index (χ3v) is 4.25. The number of hydrogen-bond donors (Lipinski definition) is 2. The fourth-order valence-corrected chi connectivity index (χ4v) is 3.13. The number of aromatic nitrogens is 2. The van der Waals surface area contributed by atoms with Crippen molar-refractivity contribution in [3.05, 3.63) is 30.3 Å². The summed E-state index contributed by atoms with van der Waals surface area (Å²) in [5.74, 6) is 0.647. The Bertz CT molecular complexity index is 593. The summed E-state index contributed by atoms with van der Waals surface area (Å²) < 4.78 is 4.27. The minimum Gasteiger partial charge on any atom is -0.335 e. The third-order valence-electron chi connectivity index (χ3n) is 3.62. The van der Waals surface area contributed by atoms with Gasteiger partial charge in [0.1, 0.15) is 0 Å². The fourth-order valence-electron chi connectivity index (χ4n) is 2.54. The van der Waals surface area contributed by atoms with Gasteiger partial charge in [0.15, 0.2) is 5.82 Å². The van der Waals surface area contributed by atoms with Crippen LogP contribution in [0.25, 0.3) is 11.4 Å². The first-order chi connectivity index (χ1) is 10.3. The second-order valence-electron chi connectivity index (χ2n) is 5.22. The molecule has 0 radical (unpaired) electrons. The summed E-state index contributed by atoms with van der Waals surface area (Å²) in [6.07, 6.45) is 5.80. The molecule has 110 valence electrons. The average Bonchev–Trinajstić information content (AvgIpc) is 2.97. The molecule has 1 saturated carbocycles. The van der Waals surface area contributed by atoms with Crippen LogP contribution < -0.4 is 10.6 Å². The van der Waals surface area contributed by atoms with Crippen LogP contribution >= 0.6 is 11.5 Å². The third kappa shape index (κ3) is 3.78. The van der Waals surface area contributed by atoms with Gasteiger partial charge < -0.3 is 5.32 Å². The summed E-state index contributed by atoms with van der Waals surface area (Å²) in [6.45, 7) is 0. The van der Waals surface area contributed by atoms with Gasteiger partial charge >= 0.3 is 6.03 Å². The Hall–Kier alpha value is -1.95. The van der Waals surface area contributed by atoms with Crippen molar-refractivity contribution in [2.24, 2.45) is 0 Å². The van der Waals surface area contributed by atoms with E-state index >= 15 is 0 Å². The first-order valence-corrected chi connectivity index (χ1v) is 8.05. The van der Waals surface area contributed by atoms with Gasteiger partial charge in [0, 0.05) is 23.1 Å². The molecule has 1 heterocycles. The number of amides is 2. The monoisotopic (exact) mass is 302 g/mol. The Balaban J connectivity index is 1.58. The number of benzene rings is 1. The number of anilines is 1. The van der Waals surface area contributed by atoms with Crippen LogP contribution in [0.5, 0.6) is 0 Å². The highest BCUT2D eigenvalue weighted by Crippen LogP contribution is 2.21. The second kappa shape index (κ2) is 6.67. The largest absolute Gasteiger partial charge is 0.335 e. The Morgan fingerprint density at radius 2 is 1.90 bits per heavy atom. The van der Waals surface area contributed by atoms with Crippen molar-refractivity contribution in [2.45, 2.75) is 38.1 Å². The van der Waals surface area contributed by atoms with Crippen LogP contribution in [-0.2, 0) is 0 Å². The summed E-state index contributed by atoms with van der Waals surface area (Å²) in [4.78, 5) is 16.3. The van der Waals surface area contributed by atoms with Crippen molar-refractivity contribution in [3.8, 4) is 11.4 Å². The summed E-state index contributed by atoms with van der Waals surface area (Å²) in [5, 5.41) is 6.31. The molecule has 0 aliphatic heterocycles. The summed E-state index contributed by atoms with van der Waals surface area (Å²) in [7, 11) is 0. The normalized spacial score (nSPS) is 15.6. The van der Waals surface area contributed by atoms with Gasteiger partial charge in [0.2, 0.25) is 5.13 Å². The van der Waals surface area contributed by atoms with Gasteiger partial charge in [0.05, 0.1) is 0 Å². The zero-order chi connectivity index (χ0) is 14.5. The summed E-state index contributed by atoms with van der Waals surface area (Å²) >= 11 is 1.20. The maximum absolute atomic E-state index is 11.9. The molecule has 0 saturated heterocycles. The standard InChI is InChI=1S/C15H18N4OS/c20-14(16-12-9-5-2-6-10-12)18-15-17-13(19-21-15)11-7-3-1-4-8-11/h1,3-4,7-8,12H,2,5-6,9-10H2,(H2,16,17,18,19,20). The molecule has 0 spiro atoms. The lowest BCUT2D eigenvalue weighted by Crippen LogP contribution is -2.38. The molecule has 3 rings (SSSR count). The van der Waals surface area contributed by atoms with Crippen LogP contribution in [0.4, 0.5) is 9.93 Å². The smallest absolute Gasteiger partial charge is 0.321 e. The molecule has 1 fully saturated rings. The van der Waals surface area contributed by atoms with Crippen LogP contribution in [0, 0.1) is 0 Å². The molecule has 2 amide bonds. The van der Waals surface area contributed by atoms with Gasteiger partial charge in [-0.3, -0.25) is 5.32 Å². The van der Waals surface area contributed by atoms with E-state index in [4.69, 9.17) is 0 Å². The van der Waals surface area contributed by atoms with Crippen LogP contribution in [0.15, 0.2) is 30.3 Å². The molecule has 5 nitrogen and oxygen atoms in total. The highest BCUT2D eigenvalue weighted by molar-refractivity contribution is 7.10. The van der Waals surface area contributed by atoms with Crippen LogP contribution in [-0.4, -0.2) is 21.4 Å². The van der Waals surface area contributed by atoms with Gasteiger partial charge in [-0.25, -0.2) is 4.79 Å². The summed E-state index contributed by atoms with van der Waals surface area (Å²) in [5.41, 5.74) is 0.953. The van der Waals surface area contributed by atoms with Gasteiger partial charge in [0.25, 0.3) is 0 Å². The van der Waals surface area contributed by atoms with E-state index in [-0.39, 0.29) is 6.03 Å².